The minimum absolute atomic E-state index is 0.0694. The van der Waals surface area contributed by atoms with Crippen LogP contribution in [0.1, 0.15) is 34.1 Å². The molecule has 0 bridgehead atoms. The Bertz CT molecular complexity index is 79.0. The highest BCUT2D eigenvalue weighted by Crippen LogP contribution is 2.08. The molecule has 0 amide bonds. The zero-order chi connectivity index (χ0) is 7.49. The Balaban J connectivity index is 3.58. The Labute approximate surface area is 62.8 Å². The fraction of sp³-hybridized carbons (Fsp3) is 1.00. The van der Waals surface area contributed by atoms with E-state index in [1.807, 2.05) is 6.92 Å². The second kappa shape index (κ2) is 3.43. The van der Waals surface area contributed by atoms with Crippen LogP contribution in [0.2, 0.25) is 0 Å². The summed E-state index contributed by atoms with van der Waals surface area (Å²) in [5.41, 5.74) is 0.251. The van der Waals surface area contributed by atoms with E-state index in [9.17, 15) is 0 Å². The predicted molar refractivity (Wildman–Crippen MR) is 42.8 cm³/mol. The van der Waals surface area contributed by atoms with Gasteiger partial charge in [0.05, 0.1) is 5.50 Å². The molecule has 0 radical (unpaired) electrons. The van der Waals surface area contributed by atoms with Gasteiger partial charge < -0.3 is 0 Å². The molecule has 0 rings (SSSR count). The second-order valence-electron chi connectivity index (χ2n) is 3.00. The number of alkyl halides is 1. The Morgan fingerprint density at radius 3 is 2.11 bits per heavy atom. The summed E-state index contributed by atoms with van der Waals surface area (Å²) in [4.78, 5) is 0. The van der Waals surface area contributed by atoms with E-state index in [4.69, 9.17) is 11.6 Å². The van der Waals surface area contributed by atoms with Gasteiger partial charge in [0, 0.05) is 5.54 Å². The number of nitrogens with one attached hydrogen (secondary N) is 1. The van der Waals surface area contributed by atoms with Gasteiger partial charge in [-0.15, -0.1) is 11.6 Å². The zero-order valence-corrected chi connectivity index (χ0v) is 7.42. The van der Waals surface area contributed by atoms with Crippen LogP contribution in [0.15, 0.2) is 0 Å². The molecule has 0 aromatic heterocycles. The molecular weight excluding hydrogens is 134 g/mol. The summed E-state index contributed by atoms with van der Waals surface area (Å²) in [7, 11) is 0. The summed E-state index contributed by atoms with van der Waals surface area (Å²) in [5.74, 6) is 0. The second-order valence-corrected chi connectivity index (χ2v) is 3.65. The van der Waals surface area contributed by atoms with Gasteiger partial charge in [-0.3, -0.25) is 5.32 Å². The molecule has 0 fully saturated rings. The van der Waals surface area contributed by atoms with E-state index in [1.54, 1.807) is 0 Å². The van der Waals surface area contributed by atoms with Crippen molar-refractivity contribution in [1.29, 1.82) is 0 Å². The van der Waals surface area contributed by atoms with E-state index in [-0.39, 0.29) is 11.0 Å². The molecule has 1 nitrogen and oxygen atoms in total. The van der Waals surface area contributed by atoms with Crippen LogP contribution in [0.25, 0.3) is 0 Å². The van der Waals surface area contributed by atoms with Gasteiger partial charge in [-0.1, -0.05) is 6.92 Å². The van der Waals surface area contributed by atoms with Crippen LogP contribution in [0, 0.1) is 0 Å². The van der Waals surface area contributed by atoms with Gasteiger partial charge in [-0.05, 0) is 27.2 Å². The maximum absolute atomic E-state index is 5.73. The molecule has 0 aliphatic carbocycles. The zero-order valence-electron chi connectivity index (χ0n) is 6.66. The molecule has 9 heavy (non-hydrogen) atoms. The minimum atomic E-state index is 0.0694. The molecular formula is C7H16ClN. The Hall–Kier alpha value is 0.250. The molecule has 0 saturated heterocycles. The third-order valence-electron chi connectivity index (χ3n) is 1.47. The van der Waals surface area contributed by atoms with E-state index in [0.717, 1.165) is 6.42 Å². The monoisotopic (exact) mass is 149 g/mol. The topological polar surface area (TPSA) is 12.0 Å². The fourth-order valence-electron chi connectivity index (χ4n) is 0.640. The summed E-state index contributed by atoms with van der Waals surface area (Å²) < 4.78 is 0. The average molecular weight is 150 g/mol. The number of hydrogen-bond donors (Lipinski definition) is 1. The third kappa shape index (κ3) is 4.73. The van der Waals surface area contributed by atoms with Gasteiger partial charge in [0.15, 0.2) is 0 Å². The van der Waals surface area contributed by atoms with Crippen LogP contribution in [0.3, 0.4) is 0 Å². The minimum Gasteiger partial charge on any atom is -0.297 e. The van der Waals surface area contributed by atoms with Crippen LogP contribution in [-0.2, 0) is 0 Å². The maximum atomic E-state index is 5.73. The molecule has 0 aliphatic heterocycles. The van der Waals surface area contributed by atoms with Crippen molar-refractivity contribution in [2.45, 2.75) is 45.2 Å². The van der Waals surface area contributed by atoms with Gasteiger partial charge >= 0.3 is 0 Å². The van der Waals surface area contributed by atoms with Crippen LogP contribution >= 0.6 is 11.6 Å². The van der Waals surface area contributed by atoms with E-state index in [0.29, 0.717) is 0 Å². The summed E-state index contributed by atoms with van der Waals surface area (Å²) in [5, 5.41) is 3.23. The number of rotatable bonds is 3. The van der Waals surface area contributed by atoms with E-state index in [2.05, 4.69) is 26.1 Å². The van der Waals surface area contributed by atoms with Crippen molar-refractivity contribution in [2.75, 3.05) is 0 Å². The lowest BCUT2D eigenvalue weighted by Crippen LogP contribution is -2.41. The maximum Gasteiger partial charge on any atom is 0.0800 e. The summed E-state index contributed by atoms with van der Waals surface area (Å²) in [6, 6.07) is 0. The molecule has 1 N–H and O–H groups in total. The highest BCUT2D eigenvalue weighted by molar-refractivity contribution is 6.20. The van der Waals surface area contributed by atoms with Crippen molar-refractivity contribution in [3.8, 4) is 0 Å². The van der Waals surface area contributed by atoms with Gasteiger partial charge in [-0.2, -0.15) is 0 Å². The Kier molecular flexibility index (Phi) is 3.52. The molecule has 0 aromatic rings. The van der Waals surface area contributed by atoms with Crippen molar-refractivity contribution >= 4 is 11.6 Å². The fourth-order valence-corrected chi connectivity index (χ4v) is 0.936. The quantitative estimate of drug-likeness (QED) is 0.480. The molecule has 56 valence electrons. The molecule has 0 spiro atoms. The van der Waals surface area contributed by atoms with Crippen molar-refractivity contribution in [1.82, 2.24) is 5.32 Å². The number of halogens is 1. The molecule has 0 aromatic carbocycles. The van der Waals surface area contributed by atoms with Crippen LogP contribution in [0.4, 0.5) is 0 Å². The first-order valence-electron chi connectivity index (χ1n) is 3.39. The first kappa shape index (κ1) is 9.25. The smallest absolute Gasteiger partial charge is 0.0800 e. The van der Waals surface area contributed by atoms with Crippen molar-refractivity contribution < 1.29 is 0 Å². The first-order valence-corrected chi connectivity index (χ1v) is 3.83. The molecule has 2 heteroatoms. The van der Waals surface area contributed by atoms with Crippen LogP contribution in [0.5, 0.6) is 0 Å². The Morgan fingerprint density at radius 2 is 2.00 bits per heavy atom. The summed E-state index contributed by atoms with van der Waals surface area (Å²) in [6.07, 6.45) is 1.10. The third-order valence-corrected chi connectivity index (χ3v) is 1.58. The highest BCUT2D eigenvalue weighted by Gasteiger charge is 2.15. The van der Waals surface area contributed by atoms with Crippen LogP contribution < -0.4 is 5.32 Å². The van der Waals surface area contributed by atoms with Crippen molar-refractivity contribution in [3.05, 3.63) is 0 Å². The normalized spacial score (nSPS) is 15.7. The molecule has 0 aliphatic rings. The van der Waals surface area contributed by atoms with E-state index < -0.39 is 0 Å². The summed E-state index contributed by atoms with van der Waals surface area (Å²) >= 11 is 5.73. The first-order chi connectivity index (χ1) is 3.98. The molecule has 1 unspecified atom stereocenters. The van der Waals surface area contributed by atoms with Gasteiger partial charge in [0.2, 0.25) is 0 Å². The van der Waals surface area contributed by atoms with Gasteiger partial charge in [-0.25, -0.2) is 0 Å². The lowest BCUT2D eigenvalue weighted by Gasteiger charge is -2.25. The molecule has 1 atom stereocenters. The standard InChI is InChI=1S/C7H16ClN/c1-5-7(3,4)9-6(2)8/h6,9H,5H2,1-4H3. The SMILES string of the molecule is CCC(C)(C)NC(C)Cl. The lowest BCUT2D eigenvalue weighted by atomic mass is 10.0. The lowest BCUT2D eigenvalue weighted by molar-refractivity contribution is 0.372. The highest BCUT2D eigenvalue weighted by atomic mass is 35.5. The van der Waals surface area contributed by atoms with E-state index in [1.165, 1.54) is 0 Å². The number of hydrogen-bond acceptors (Lipinski definition) is 1. The van der Waals surface area contributed by atoms with E-state index >= 15 is 0 Å². The van der Waals surface area contributed by atoms with Crippen molar-refractivity contribution in [3.63, 3.8) is 0 Å². The van der Waals surface area contributed by atoms with Crippen molar-refractivity contribution in [2.24, 2.45) is 0 Å². The largest absolute Gasteiger partial charge is 0.297 e. The van der Waals surface area contributed by atoms with Crippen LogP contribution in [-0.4, -0.2) is 11.0 Å². The van der Waals surface area contributed by atoms with Gasteiger partial charge in [0.25, 0.3) is 0 Å². The van der Waals surface area contributed by atoms with Gasteiger partial charge in [0.1, 0.15) is 0 Å². The predicted octanol–water partition coefficient (Wildman–Crippen LogP) is 2.35. The molecule has 0 saturated carbocycles. The Morgan fingerprint density at radius 1 is 1.56 bits per heavy atom. The molecule has 0 heterocycles. The average Bonchev–Trinajstić information content (AvgIpc) is 1.63. The summed E-state index contributed by atoms with van der Waals surface area (Å²) in [6.45, 7) is 8.38.